The maximum Gasteiger partial charge on any atom is 0.294 e. The molecule has 1 unspecified atom stereocenters. The standard InChI is InChI=1S/C28H25FN2O4/c29-23-8-2-1-6-21(23)18-31-24-9-3-4-10-25(24)35-26(28(31)33)16-19-11-13-20(14-12-19)27(32)30-17-22-7-5-15-34-22/h1-4,6,8-14,16,22H,5,7,15,17-18H2,(H,30,32). The number of rotatable bonds is 6. The van der Waals surface area contributed by atoms with E-state index in [9.17, 15) is 14.0 Å². The van der Waals surface area contributed by atoms with Gasteiger partial charge in [-0.25, -0.2) is 4.39 Å². The summed E-state index contributed by atoms with van der Waals surface area (Å²) in [4.78, 5) is 27.3. The van der Waals surface area contributed by atoms with Crippen LogP contribution in [-0.4, -0.2) is 31.1 Å². The molecule has 1 atom stereocenters. The molecule has 1 saturated heterocycles. The molecule has 35 heavy (non-hydrogen) atoms. The van der Waals surface area contributed by atoms with Gasteiger partial charge in [0.1, 0.15) is 5.82 Å². The van der Waals surface area contributed by atoms with Crippen molar-refractivity contribution in [3.05, 3.63) is 101 Å². The molecule has 178 valence electrons. The predicted octanol–water partition coefficient (Wildman–Crippen LogP) is 4.70. The van der Waals surface area contributed by atoms with Crippen LogP contribution < -0.4 is 15.0 Å². The summed E-state index contributed by atoms with van der Waals surface area (Å²) in [5.41, 5.74) is 2.22. The van der Waals surface area contributed by atoms with Crippen LogP contribution in [0.1, 0.15) is 34.3 Å². The van der Waals surface area contributed by atoms with Crippen LogP contribution in [-0.2, 0) is 16.1 Å². The molecule has 0 spiro atoms. The quantitative estimate of drug-likeness (QED) is 0.528. The van der Waals surface area contributed by atoms with Gasteiger partial charge in [-0.3, -0.25) is 14.5 Å². The molecule has 1 fully saturated rings. The Morgan fingerprint density at radius 3 is 2.60 bits per heavy atom. The van der Waals surface area contributed by atoms with Crippen LogP contribution >= 0.6 is 0 Å². The minimum absolute atomic E-state index is 0.0764. The van der Waals surface area contributed by atoms with E-state index in [1.807, 2.05) is 6.07 Å². The van der Waals surface area contributed by atoms with E-state index < -0.39 is 0 Å². The van der Waals surface area contributed by atoms with Gasteiger partial charge < -0.3 is 14.8 Å². The minimum atomic E-state index is -0.372. The second kappa shape index (κ2) is 10.1. The van der Waals surface area contributed by atoms with Gasteiger partial charge in [-0.2, -0.15) is 0 Å². The monoisotopic (exact) mass is 472 g/mol. The molecule has 0 aromatic heterocycles. The van der Waals surface area contributed by atoms with Gasteiger partial charge >= 0.3 is 0 Å². The highest BCUT2D eigenvalue weighted by Gasteiger charge is 2.30. The Morgan fingerprint density at radius 1 is 1.06 bits per heavy atom. The third kappa shape index (κ3) is 5.10. The number of carbonyl (C=O) groups excluding carboxylic acids is 2. The first-order valence-electron chi connectivity index (χ1n) is 11.6. The fourth-order valence-electron chi connectivity index (χ4n) is 4.21. The van der Waals surface area contributed by atoms with Crippen LogP contribution in [0.15, 0.2) is 78.6 Å². The maximum atomic E-state index is 14.3. The molecule has 2 heterocycles. The smallest absolute Gasteiger partial charge is 0.294 e. The second-order valence-electron chi connectivity index (χ2n) is 8.53. The van der Waals surface area contributed by atoms with Crippen LogP contribution in [0.5, 0.6) is 5.75 Å². The van der Waals surface area contributed by atoms with Crippen LogP contribution in [0.2, 0.25) is 0 Å². The fourth-order valence-corrected chi connectivity index (χ4v) is 4.21. The van der Waals surface area contributed by atoms with Gasteiger partial charge in [-0.1, -0.05) is 42.5 Å². The molecule has 7 heteroatoms. The van der Waals surface area contributed by atoms with Crippen LogP contribution in [0.3, 0.4) is 0 Å². The van der Waals surface area contributed by atoms with Crippen molar-refractivity contribution < 1.29 is 23.5 Å². The molecule has 0 radical (unpaired) electrons. The third-order valence-corrected chi connectivity index (χ3v) is 6.10. The lowest BCUT2D eigenvalue weighted by Gasteiger charge is -2.30. The summed E-state index contributed by atoms with van der Waals surface area (Å²) < 4.78 is 25.8. The van der Waals surface area contributed by atoms with Crippen molar-refractivity contribution in [1.29, 1.82) is 0 Å². The first kappa shape index (κ1) is 22.8. The molecule has 0 saturated carbocycles. The summed E-state index contributed by atoms with van der Waals surface area (Å²) in [6.07, 6.45) is 3.68. The Labute approximate surface area is 203 Å². The van der Waals surface area contributed by atoms with E-state index in [4.69, 9.17) is 9.47 Å². The lowest BCUT2D eigenvalue weighted by atomic mass is 10.1. The largest absolute Gasteiger partial charge is 0.449 e. The SMILES string of the molecule is O=C(NCC1CCCO1)c1ccc(C=C2Oc3ccccc3N(Cc3ccccc3F)C2=O)cc1. The van der Waals surface area contributed by atoms with Crippen molar-refractivity contribution in [3.8, 4) is 5.75 Å². The molecule has 3 aromatic rings. The minimum Gasteiger partial charge on any atom is -0.449 e. The number of halogens is 1. The van der Waals surface area contributed by atoms with E-state index in [-0.39, 0.29) is 36.0 Å². The number of fused-ring (bicyclic) bond motifs is 1. The summed E-state index contributed by atoms with van der Waals surface area (Å²) in [5, 5.41) is 2.90. The zero-order valence-electron chi connectivity index (χ0n) is 19.1. The number of anilines is 1. The van der Waals surface area contributed by atoms with Gasteiger partial charge in [0.05, 0.1) is 18.3 Å². The number of amides is 2. The molecule has 0 aliphatic carbocycles. The summed E-state index contributed by atoms with van der Waals surface area (Å²) >= 11 is 0. The summed E-state index contributed by atoms with van der Waals surface area (Å²) in [6, 6.07) is 20.5. The highest BCUT2D eigenvalue weighted by atomic mass is 19.1. The number of carbonyl (C=O) groups is 2. The third-order valence-electron chi connectivity index (χ3n) is 6.10. The van der Waals surface area contributed by atoms with E-state index in [1.54, 1.807) is 66.7 Å². The molecule has 1 N–H and O–H groups in total. The Hall–Kier alpha value is -3.97. The number of nitrogens with one attached hydrogen (secondary N) is 1. The van der Waals surface area contributed by atoms with Crippen molar-refractivity contribution in [1.82, 2.24) is 5.32 Å². The topological polar surface area (TPSA) is 67.9 Å². The Bertz CT molecular complexity index is 1270. The number of hydrogen-bond donors (Lipinski definition) is 1. The average Bonchev–Trinajstić information content (AvgIpc) is 3.40. The highest BCUT2D eigenvalue weighted by molar-refractivity contribution is 6.09. The van der Waals surface area contributed by atoms with E-state index in [2.05, 4.69) is 5.32 Å². The first-order valence-corrected chi connectivity index (χ1v) is 11.6. The van der Waals surface area contributed by atoms with Crippen LogP contribution in [0, 0.1) is 5.82 Å². The van der Waals surface area contributed by atoms with Crippen LogP contribution in [0.25, 0.3) is 6.08 Å². The number of hydrogen-bond acceptors (Lipinski definition) is 4. The summed E-state index contributed by atoms with van der Waals surface area (Å²) in [5.74, 6) is -0.279. The number of para-hydroxylation sites is 2. The zero-order valence-corrected chi connectivity index (χ0v) is 19.1. The normalized spacial score (nSPS) is 18.3. The van der Waals surface area contributed by atoms with Crippen LogP contribution in [0.4, 0.5) is 10.1 Å². The first-order chi connectivity index (χ1) is 17.1. The van der Waals surface area contributed by atoms with Gasteiger partial charge in [0.2, 0.25) is 0 Å². The molecule has 6 nitrogen and oxygen atoms in total. The fraction of sp³-hybridized carbons (Fsp3) is 0.214. The van der Waals surface area contributed by atoms with Gasteiger partial charge in [0.15, 0.2) is 11.5 Å². The van der Waals surface area contributed by atoms with Crippen molar-refractivity contribution in [2.24, 2.45) is 0 Å². The molecule has 0 bridgehead atoms. The second-order valence-corrected chi connectivity index (χ2v) is 8.53. The average molecular weight is 473 g/mol. The maximum absolute atomic E-state index is 14.3. The van der Waals surface area contributed by atoms with Gasteiger partial charge in [0, 0.05) is 24.3 Å². The van der Waals surface area contributed by atoms with Crippen molar-refractivity contribution in [2.45, 2.75) is 25.5 Å². The summed E-state index contributed by atoms with van der Waals surface area (Å²) in [7, 11) is 0. The molecule has 2 aliphatic heterocycles. The van der Waals surface area contributed by atoms with E-state index in [0.29, 0.717) is 34.7 Å². The molecule has 5 rings (SSSR count). The predicted molar refractivity (Wildman–Crippen MR) is 130 cm³/mol. The molecular formula is C28H25FN2O4. The Balaban J connectivity index is 1.34. The Kier molecular flexibility index (Phi) is 6.59. The van der Waals surface area contributed by atoms with Crippen molar-refractivity contribution in [3.63, 3.8) is 0 Å². The van der Waals surface area contributed by atoms with Crippen molar-refractivity contribution in [2.75, 3.05) is 18.1 Å². The number of nitrogens with zero attached hydrogens (tertiary/aromatic N) is 1. The number of benzene rings is 3. The van der Waals surface area contributed by atoms with Gasteiger partial charge in [-0.05, 0) is 54.8 Å². The van der Waals surface area contributed by atoms with Crippen molar-refractivity contribution >= 4 is 23.6 Å². The van der Waals surface area contributed by atoms with Gasteiger partial charge in [-0.15, -0.1) is 0 Å². The molecular weight excluding hydrogens is 447 g/mol. The molecule has 2 aliphatic rings. The lowest BCUT2D eigenvalue weighted by Crippen LogP contribution is -2.37. The number of ether oxygens (including phenoxy) is 2. The molecule has 3 aromatic carbocycles. The summed E-state index contributed by atoms with van der Waals surface area (Å²) in [6.45, 7) is 1.31. The van der Waals surface area contributed by atoms with E-state index in [1.165, 1.54) is 11.0 Å². The van der Waals surface area contributed by atoms with Gasteiger partial charge in [0.25, 0.3) is 11.8 Å². The van der Waals surface area contributed by atoms with E-state index in [0.717, 1.165) is 19.4 Å². The Morgan fingerprint density at radius 2 is 1.83 bits per heavy atom. The lowest BCUT2D eigenvalue weighted by molar-refractivity contribution is -0.117. The zero-order chi connectivity index (χ0) is 24.2. The highest BCUT2D eigenvalue weighted by Crippen LogP contribution is 2.36. The van der Waals surface area contributed by atoms with E-state index >= 15 is 0 Å². The molecule has 2 amide bonds.